The Hall–Kier alpha value is -1.64. The zero-order chi connectivity index (χ0) is 21.0. The molecule has 0 heterocycles. The molecule has 162 valence electrons. The van der Waals surface area contributed by atoms with Gasteiger partial charge in [-0.2, -0.15) is 0 Å². The zero-order valence-electron chi connectivity index (χ0n) is 19.3. The molecule has 4 rings (SSSR count). The summed E-state index contributed by atoms with van der Waals surface area (Å²) in [4.78, 5) is 5.24. The third-order valence-corrected chi connectivity index (χ3v) is 8.37. The largest absolute Gasteiger partial charge is 0.300 e. The Morgan fingerprint density at radius 1 is 0.667 bits per heavy atom. The van der Waals surface area contributed by atoms with Crippen LogP contribution in [0, 0.1) is 5.92 Å². The van der Waals surface area contributed by atoms with E-state index in [0.29, 0.717) is 0 Å². The van der Waals surface area contributed by atoms with Gasteiger partial charge in [0.25, 0.3) is 0 Å². The van der Waals surface area contributed by atoms with Gasteiger partial charge in [-0.15, -0.1) is 0 Å². The van der Waals surface area contributed by atoms with Crippen molar-refractivity contribution >= 4 is 0 Å². The van der Waals surface area contributed by atoms with Crippen LogP contribution in [-0.4, -0.2) is 37.5 Å². The summed E-state index contributed by atoms with van der Waals surface area (Å²) in [5.41, 5.74) is 3.30. The van der Waals surface area contributed by atoms with E-state index in [1.54, 1.807) is 0 Å². The first kappa shape index (κ1) is 21.6. The molecule has 0 saturated heterocycles. The molecule has 2 aromatic rings. The summed E-state index contributed by atoms with van der Waals surface area (Å²) in [6.45, 7) is 1.25. The predicted octanol–water partition coefficient (Wildman–Crippen LogP) is 6.43. The van der Waals surface area contributed by atoms with Crippen LogP contribution >= 0.6 is 0 Å². The fourth-order valence-electron chi connectivity index (χ4n) is 6.39. The van der Waals surface area contributed by atoms with Crippen LogP contribution in [0.1, 0.15) is 68.9 Å². The van der Waals surface area contributed by atoms with Gasteiger partial charge in [-0.25, -0.2) is 0 Å². The molecule has 0 unspecified atom stereocenters. The maximum atomic E-state index is 2.75. The van der Waals surface area contributed by atoms with Crippen molar-refractivity contribution in [2.45, 2.75) is 68.9 Å². The van der Waals surface area contributed by atoms with Gasteiger partial charge in [0.05, 0.1) is 0 Å². The quantitative estimate of drug-likeness (QED) is 0.548. The van der Waals surface area contributed by atoms with Crippen molar-refractivity contribution in [1.29, 1.82) is 0 Å². The van der Waals surface area contributed by atoms with Crippen LogP contribution in [0.4, 0.5) is 0 Å². The van der Waals surface area contributed by atoms with Crippen LogP contribution in [-0.2, 0) is 11.1 Å². The van der Waals surface area contributed by atoms with E-state index in [2.05, 4.69) is 91.6 Å². The predicted molar refractivity (Wildman–Crippen MR) is 128 cm³/mol. The molecular weight excluding hydrogens is 364 g/mol. The summed E-state index contributed by atoms with van der Waals surface area (Å²) in [6, 6.07) is 22.6. The van der Waals surface area contributed by atoms with Crippen LogP contribution in [0.15, 0.2) is 60.7 Å². The van der Waals surface area contributed by atoms with E-state index in [9.17, 15) is 0 Å². The Morgan fingerprint density at radius 3 is 1.63 bits per heavy atom. The second-order valence-electron chi connectivity index (χ2n) is 10.1. The minimum Gasteiger partial charge on any atom is -0.300 e. The van der Waals surface area contributed by atoms with Crippen molar-refractivity contribution < 1.29 is 0 Å². The van der Waals surface area contributed by atoms with E-state index in [0.717, 1.165) is 5.92 Å². The van der Waals surface area contributed by atoms with E-state index in [-0.39, 0.29) is 11.1 Å². The summed E-state index contributed by atoms with van der Waals surface area (Å²) in [5.74, 6) is 0.874. The van der Waals surface area contributed by atoms with Crippen LogP contribution in [0.2, 0.25) is 0 Å². The van der Waals surface area contributed by atoms with Gasteiger partial charge in [-0.3, -0.25) is 9.80 Å². The molecule has 0 spiro atoms. The monoisotopic (exact) mass is 404 g/mol. The standard InChI is InChI=1S/C28H40N2/c1-29(2)27(25-15-9-5-10-16-25)19-21-28(22-20-27,26-17-11-6-12-18-26)30(3)23-24-13-7-4-8-14-24/h5-6,9-12,15-18,24H,4,7-8,13-14,19-23H2,1-3H3. The van der Waals surface area contributed by atoms with Crippen molar-refractivity contribution in [2.75, 3.05) is 27.7 Å². The van der Waals surface area contributed by atoms with Crippen molar-refractivity contribution in [2.24, 2.45) is 5.92 Å². The van der Waals surface area contributed by atoms with Crippen LogP contribution in [0.5, 0.6) is 0 Å². The van der Waals surface area contributed by atoms with Gasteiger partial charge in [0.15, 0.2) is 0 Å². The molecule has 0 aromatic heterocycles. The van der Waals surface area contributed by atoms with E-state index in [4.69, 9.17) is 0 Å². The van der Waals surface area contributed by atoms with Gasteiger partial charge in [-0.1, -0.05) is 79.9 Å². The maximum absolute atomic E-state index is 2.75. The molecule has 2 fully saturated rings. The molecule has 2 aliphatic rings. The molecule has 30 heavy (non-hydrogen) atoms. The molecule has 2 aromatic carbocycles. The second kappa shape index (κ2) is 9.24. The normalized spacial score (nSPS) is 28.2. The molecule has 0 radical (unpaired) electrons. The van der Waals surface area contributed by atoms with Crippen molar-refractivity contribution in [3.05, 3.63) is 71.8 Å². The first-order chi connectivity index (χ1) is 14.6. The Balaban J connectivity index is 1.62. The molecule has 0 amide bonds. The van der Waals surface area contributed by atoms with Gasteiger partial charge in [0.1, 0.15) is 0 Å². The first-order valence-electron chi connectivity index (χ1n) is 12.1. The number of benzene rings is 2. The van der Waals surface area contributed by atoms with E-state index < -0.39 is 0 Å². The highest BCUT2D eigenvalue weighted by Crippen LogP contribution is 2.50. The molecule has 2 heteroatoms. The Morgan fingerprint density at radius 2 is 1.13 bits per heavy atom. The summed E-state index contributed by atoms with van der Waals surface area (Å²) in [7, 11) is 6.95. The molecule has 0 bridgehead atoms. The van der Waals surface area contributed by atoms with E-state index in [1.165, 1.54) is 75.5 Å². The van der Waals surface area contributed by atoms with Crippen LogP contribution in [0.25, 0.3) is 0 Å². The average molecular weight is 405 g/mol. The fourth-order valence-corrected chi connectivity index (χ4v) is 6.39. The maximum Gasteiger partial charge on any atom is 0.0459 e. The highest BCUT2D eigenvalue weighted by atomic mass is 15.2. The number of nitrogens with zero attached hydrogens (tertiary/aromatic N) is 2. The highest BCUT2D eigenvalue weighted by molar-refractivity contribution is 5.30. The topological polar surface area (TPSA) is 6.48 Å². The van der Waals surface area contributed by atoms with Gasteiger partial charge < -0.3 is 0 Å². The first-order valence-corrected chi connectivity index (χ1v) is 12.1. The lowest BCUT2D eigenvalue weighted by Crippen LogP contribution is -2.54. The average Bonchev–Trinajstić information content (AvgIpc) is 2.81. The van der Waals surface area contributed by atoms with Crippen molar-refractivity contribution in [3.63, 3.8) is 0 Å². The Bertz CT molecular complexity index is 769. The third kappa shape index (κ3) is 4.09. The molecular formula is C28H40N2. The fraction of sp³-hybridized carbons (Fsp3) is 0.571. The van der Waals surface area contributed by atoms with Crippen molar-refractivity contribution in [3.8, 4) is 0 Å². The second-order valence-corrected chi connectivity index (χ2v) is 10.1. The molecule has 0 aliphatic heterocycles. The van der Waals surface area contributed by atoms with E-state index in [1.807, 2.05) is 0 Å². The number of rotatable bonds is 6. The van der Waals surface area contributed by atoms with Gasteiger partial charge in [0.2, 0.25) is 0 Å². The van der Waals surface area contributed by atoms with Gasteiger partial charge in [0, 0.05) is 17.6 Å². The van der Waals surface area contributed by atoms with E-state index >= 15 is 0 Å². The molecule has 2 saturated carbocycles. The van der Waals surface area contributed by atoms with Gasteiger partial charge >= 0.3 is 0 Å². The molecule has 2 nitrogen and oxygen atoms in total. The lowest BCUT2D eigenvalue weighted by atomic mass is 9.65. The lowest BCUT2D eigenvalue weighted by molar-refractivity contribution is -0.0109. The Labute approximate surface area is 184 Å². The molecule has 0 atom stereocenters. The highest BCUT2D eigenvalue weighted by Gasteiger charge is 2.47. The van der Waals surface area contributed by atoms with Gasteiger partial charge in [-0.05, 0) is 76.7 Å². The lowest BCUT2D eigenvalue weighted by Gasteiger charge is -2.54. The number of hydrogen-bond acceptors (Lipinski definition) is 2. The zero-order valence-corrected chi connectivity index (χ0v) is 19.3. The minimum absolute atomic E-state index is 0.144. The van der Waals surface area contributed by atoms with Crippen LogP contribution < -0.4 is 0 Å². The SMILES string of the molecule is CN(C)C1(c2ccccc2)CCC(c2ccccc2)(N(C)CC2CCCCC2)CC1. The summed E-state index contributed by atoms with van der Waals surface area (Å²) in [6.07, 6.45) is 12.0. The summed E-state index contributed by atoms with van der Waals surface area (Å²) < 4.78 is 0. The number of hydrogen-bond donors (Lipinski definition) is 0. The molecule has 0 N–H and O–H groups in total. The van der Waals surface area contributed by atoms with Crippen LogP contribution in [0.3, 0.4) is 0 Å². The minimum atomic E-state index is 0.144. The summed E-state index contributed by atoms with van der Waals surface area (Å²) in [5, 5.41) is 0. The smallest absolute Gasteiger partial charge is 0.0459 e. The molecule has 2 aliphatic carbocycles. The third-order valence-electron chi connectivity index (χ3n) is 8.37. The Kier molecular flexibility index (Phi) is 6.65. The summed E-state index contributed by atoms with van der Waals surface area (Å²) >= 11 is 0. The van der Waals surface area contributed by atoms with Crippen molar-refractivity contribution in [1.82, 2.24) is 9.80 Å².